The highest BCUT2D eigenvalue weighted by Gasteiger charge is 2.45. The minimum Gasteiger partial charge on any atom is -0.381 e. The van der Waals surface area contributed by atoms with Gasteiger partial charge in [-0.3, -0.25) is 0 Å². The SMILES string of the molecule is CC1C(C)[C@H]2CN(C(=O)NC3CCOCC3)C[C@@H]1CN2c1ccc(N2CCS(=O)(=O)CC2)cc1. The van der Waals surface area contributed by atoms with Crippen LogP contribution in [-0.4, -0.2) is 88.9 Å². The molecule has 5 aliphatic heterocycles. The number of fused-ring (bicyclic) bond motifs is 4. The quantitative estimate of drug-likeness (QED) is 0.700. The van der Waals surface area contributed by atoms with Gasteiger partial charge in [-0.1, -0.05) is 13.8 Å². The fourth-order valence-corrected chi connectivity index (χ4v) is 7.29. The van der Waals surface area contributed by atoms with Crippen molar-refractivity contribution in [2.75, 3.05) is 67.2 Å². The fraction of sp³-hybridized carbons (Fsp3) is 0.720. The van der Waals surface area contributed by atoms with Gasteiger partial charge in [0.15, 0.2) is 9.84 Å². The maximum absolute atomic E-state index is 13.2. The standard InChI is InChI=1S/C25H38N4O4S/c1-18-19(2)24-17-28(25(30)26-21-7-11-33-12-8-21)15-20(18)16-29(24)23-5-3-22(4-6-23)27-9-13-34(31,32)14-10-27/h3-6,18-21,24H,7-17H2,1-2H3,(H,26,30)/t18?,19?,20-,24-/m1/s1. The molecule has 5 fully saturated rings. The topological polar surface area (TPSA) is 82.2 Å². The number of rotatable bonds is 3. The molecular formula is C25H38N4O4S. The highest BCUT2D eigenvalue weighted by Crippen LogP contribution is 2.40. The van der Waals surface area contributed by atoms with Crippen molar-refractivity contribution >= 4 is 27.2 Å². The molecule has 0 saturated carbocycles. The van der Waals surface area contributed by atoms with Crippen LogP contribution in [0.15, 0.2) is 24.3 Å². The van der Waals surface area contributed by atoms with E-state index in [4.69, 9.17) is 4.74 Å². The Balaban J connectivity index is 1.29. The van der Waals surface area contributed by atoms with Crippen LogP contribution in [0, 0.1) is 17.8 Å². The molecule has 5 heterocycles. The molecule has 1 aromatic rings. The average molecular weight is 491 g/mol. The molecule has 1 N–H and O–H groups in total. The summed E-state index contributed by atoms with van der Waals surface area (Å²) in [5, 5.41) is 3.26. The van der Waals surface area contributed by atoms with Crippen molar-refractivity contribution in [3.8, 4) is 0 Å². The van der Waals surface area contributed by atoms with E-state index in [0.717, 1.165) is 51.4 Å². The summed E-state index contributed by atoms with van der Waals surface area (Å²) in [7, 11) is -2.89. The lowest BCUT2D eigenvalue weighted by Crippen LogP contribution is -2.53. The van der Waals surface area contributed by atoms with Crippen molar-refractivity contribution in [1.82, 2.24) is 10.2 Å². The number of nitrogens with one attached hydrogen (secondary N) is 1. The molecule has 4 atom stereocenters. The molecular weight excluding hydrogens is 452 g/mol. The van der Waals surface area contributed by atoms with Crippen LogP contribution in [0.1, 0.15) is 26.7 Å². The number of carbonyl (C=O) groups excluding carboxylic acids is 1. The normalized spacial score (nSPS) is 31.9. The van der Waals surface area contributed by atoms with Crippen LogP contribution in [0.5, 0.6) is 0 Å². The molecule has 188 valence electrons. The van der Waals surface area contributed by atoms with E-state index in [9.17, 15) is 13.2 Å². The molecule has 2 amide bonds. The van der Waals surface area contributed by atoms with Gasteiger partial charge in [0, 0.05) is 69.4 Å². The van der Waals surface area contributed by atoms with Crippen LogP contribution in [0.25, 0.3) is 0 Å². The maximum atomic E-state index is 13.2. The average Bonchev–Trinajstić information content (AvgIpc) is 3.10. The fourth-order valence-electron chi connectivity index (χ4n) is 6.09. The Labute approximate surface area is 203 Å². The molecule has 0 aliphatic carbocycles. The molecule has 8 nitrogen and oxygen atoms in total. The molecule has 5 aliphatic rings. The first-order valence-corrected chi connectivity index (χ1v) is 14.6. The predicted molar refractivity (Wildman–Crippen MR) is 134 cm³/mol. The molecule has 0 aromatic heterocycles. The lowest BCUT2D eigenvalue weighted by atomic mass is 9.76. The Bertz CT molecular complexity index is 965. The monoisotopic (exact) mass is 490 g/mol. The Morgan fingerprint density at radius 2 is 1.59 bits per heavy atom. The highest BCUT2D eigenvalue weighted by atomic mass is 32.2. The zero-order chi connectivity index (χ0) is 23.9. The summed E-state index contributed by atoms with van der Waals surface area (Å²) in [6.07, 6.45) is 1.78. The van der Waals surface area contributed by atoms with Crippen LogP contribution in [0.2, 0.25) is 0 Å². The van der Waals surface area contributed by atoms with Gasteiger partial charge in [0.05, 0.1) is 11.5 Å². The van der Waals surface area contributed by atoms with Crippen molar-refractivity contribution in [3.05, 3.63) is 24.3 Å². The van der Waals surface area contributed by atoms with Gasteiger partial charge in [0.25, 0.3) is 0 Å². The van der Waals surface area contributed by atoms with E-state index in [0.29, 0.717) is 30.8 Å². The summed E-state index contributed by atoms with van der Waals surface area (Å²) in [5.41, 5.74) is 2.27. The molecule has 0 spiro atoms. The number of carbonyl (C=O) groups is 1. The van der Waals surface area contributed by atoms with Gasteiger partial charge in [-0.15, -0.1) is 0 Å². The molecule has 1 aromatic carbocycles. The maximum Gasteiger partial charge on any atom is 0.317 e. The van der Waals surface area contributed by atoms with Gasteiger partial charge < -0.3 is 24.8 Å². The number of sulfone groups is 1. The van der Waals surface area contributed by atoms with Crippen LogP contribution in [0.3, 0.4) is 0 Å². The Morgan fingerprint density at radius 1 is 0.941 bits per heavy atom. The smallest absolute Gasteiger partial charge is 0.317 e. The molecule has 34 heavy (non-hydrogen) atoms. The molecule has 0 radical (unpaired) electrons. The number of hydrogen-bond donors (Lipinski definition) is 1. The molecule has 6 rings (SSSR count). The second kappa shape index (κ2) is 9.57. The molecule has 9 heteroatoms. The minimum absolute atomic E-state index is 0.0699. The van der Waals surface area contributed by atoms with Gasteiger partial charge in [0.1, 0.15) is 0 Å². The summed E-state index contributed by atoms with van der Waals surface area (Å²) >= 11 is 0. The number of piperidine rings is 1. The number of hydrogen-bond acceptors (Lipinski definition) is 6. The summed E-state index contributed by atoms with van der Waals surface area (Å²) in [5.74, 6) is 1.95. The highest BCUT2D eigenvalue weighted by molar-refractivity contribution is 7.91. The van der Waals surface area contributed by atoms with Crippen molar-refractivity contribution in [3.63, 3.8) is 0 Å². The van der Waals surface area contributed by atoms with Crippen LogP contribution in [0.4, 0.5) is 16.2 Å². The van der Waals surface area contributed by atoms with Gasteiger partial charge in [-0.2, -0.15) is 0 Å². The number of nitrogens with zero attached hydrogens (tertiary/aromatic N) is 3. The number of amides is 2. The van der Waals surface area contributed by atoms with E-state index in [1.54, 1.807) is 0 Å². The summed E-state index contributed by atoms with van der Waals surface area (Å²) < 4.78 is 29.0. The number of benzene rings is 1. The Hall–Kier alpha value is -2.00. The van der Waals surface area contributed by atoms with Crippen LogP contribution in [-0.2, 0) is 14.6 Å². The zero-order valence-electron chi connectivity index (χ0n) is 20.4. The first-order valence-electron chi connectivity index (χ1n) is 12.8. The summed E-state index contributed by atoms with van der Waals surface area (Å²) in [4.78, 5) is 19.9. The van der Waals surface area contributed by atoms with Crippen molar-refractivity contribution in [2.45, 2.75) is 38.8 Å². The largest absolute Gasteiger partial charge is 0.381 e. The lowest BCUT2D eigenvalue weighted by molar-refractivity contribution is 0.0779. The van der Waals surface area contributed by atoms with Crippen LogP contribution < -0.4 is 15.1 Å². The number of urea groups is 1. The number of anilines is 2. The van der Waals surface area contributed by atoms with E-state index < -0.39 is 9.84 Å². The second-order valence-corrected chi connectivity index (χ2v) is 12.9. The van der Waals surface area contributed by atoms with Crippen molar-refractivity contribution in [2.24, 2.45) is 17.8 Å². The molecule has 5 saturated heterocycles. The van der Waals surface area contributed by atoms with E-state index in [1.807, 2.05) is 4.90 Å². The third-order valence-corrected chi connectivity index (χ3v) is 10.2. The van der Waals surface area contributed by atoms with E-state index >= 15 is 0 Å². The third-order valence-electron chi connectivity index (χ3n) is 8.60. The lowest BCUT2D eigenvalue weighted by Gasteiger charge is -2.45. The third kappa shape index (κ3) is 4.87. The van der Waals surface area contributed by atoms with Gasteiger partial charge in [-0.05, 0) is 54.9 Å². The second-order valence-electron chi connectivity index (χ2n) is 10.6. The Morgan fingerprint density at radius 3 is 2.26 bits per heavy atom. The first kappa shape index (κ1) is 23.7. The Kier molecular flexibility index (Phi) is 6.68. The summed E-state index contributed by atoms with van der Waals surface area (Å²) in [6, 6.07) is 9.14. The van der Waals surface area contributed by atoms with Crippen molar-refractivity contribution in [1.29, 1.82) is 0 Å². The van der Waals surface area contributed by atoms with Crippen LogP contribution >= 0.6 is 0 Å². The molecule has 2 unspecified atom stereocenters. The van der Waals surface area contributed by atoms with Crippen molar-refractivity contribution < 1.29 is 17.9 Å². The van der Waals surface area contributed by atoms with E-state index in [2.05, 4.69) is 53.2 Å². The number of ether oxygens (including phenoxy) is 1. The zero-order valence-corrected chi connectivity index (χ0v) is 21.2. The summed E-state index contributed by atoms with van der Waals surface area (Å²) in [6.45, 7) is 9.73. The predicted octanol–water partition coefficient (Wildman–Crippen LogP) is 2.20. The van der Waals surface area contributed by atoms with E-state index in [1.165, 1.54) is 5.69 Å². The van der Waals surface area contributed by atoms with E-state index in [-0.39, 0.29) is 29.6 Å². The van der Waals surface area contributed by atoms with Gasteiger partial charge in [0.2, 0.25) is 0 Å². The van der Waals surface area contributed by atoms with Gasteiger partial charge in [-0.25, -0.2) is 13.2 Å². The first-order chi connectivity index (χ1) is 16.3. The van der Waals surface area contributed by atoms with Gasteiger partial charge >= 0.3 is 6.03 Å². The molecule has 2 bridgehead atoms. The minimum atomic E-state index is -2.89.